The average molecular weight is 360 g/mol. The number of nitro benzene ring substituents is 1. The Hall–Kier alpha value is -2.64. The van der Waals surface area contributed by atoms with Crippen molar-refractivity contribution in [1.82, 2.24) is 9.80 Å². The number of carbonyl (C=O) groups excluding carboxylic acids is 2. The quantitative estimate of drug-likeness (QED) is 0.455. The van der Waals surface area contributed by atoms with Crippen LogP contribution < -0.4 is 5.32 Å². The van der Waals surface area contributed by atoms with Crippen molar-refractivity contribution >= 4 is 23.2 Å². The van der Waals surface area contributed by atoms with Gasteiger partial charge in [0.2, 0.25) is 11.8 Å². The molecule has 0 unspecified atom stereocenters. The molecule has 3 rings (SSSR count). The van der Waals surface area contributed by atoms with E-state index in [1.807, 2.05) is 9.80 Å². The van der Waals surface area contributed by atoms with Crippen molar-refractivity contribution in [2.75, 3.05) is 38.0 Å². The van der Waals surface area contributed by atoms with E-state index < -0.39 is 4.92 Å². The number of nitrogens with one attached hydrogen (secondary N) is 1. The van der Waals surface area contributed by atoms with Gasteiger partial charge in [-0.3, -0.25) is 19.7 Å². The van der Waals surface area contributed by atoms with E-state index in [1.54, 1.807) is 12.1 Å². The number of hydrogen-bond acceptors (Lipinski definition) is 5. The first kappa shape index (κ1) is 18.2. The van der Waals surface area contributed by atoms with Crippen molar-refractivity contribution in [3.63, 3.8) is 0 Å². The molecule has 0 spiro atoms. The molecule has 1 aromatic rings. The van der Waals surface area contributed by atoms with Gasteiger partial charge in [0.25, 0.3) is 5.69 Å². The lowest BCUT2D eigenvalue weighted by Gasteiger charge is -2.35. The van der Waals surface area contributed by atoms with Crippen molar-refractivity contribution in [2.24, 2.45) is 5.92 Å². The minimum atomic E-state index is -0.430. The summed E-state index contributed by atoms with van der Waals surface area (Å²) in [5, 5.41) is 13.8. The number of piperazine rings is 1. The third kappa shape index (κ3) is 4.71. The van der Waals surface area contributed by atoms with E-state index in [0.717, 1.165) is 18.5 Å². The lowest BCUT2D eigenvalue weighted by Crippen LogP contribution is -2.51. The second kappa shape index (κ2) is 8.16. The first-order valence-corrected chi connectivity index (χ1v) is 9.09. The summed E-state index contributed by atoms with van der Waals surface area (Å²) < 4.78 is 0. The molecule has 1 saturated heterocycles. The van der Waals surface area contributed by atoms with Crippen LogP contribution in [0.25, 0.3) is 0 Å². The molecule has 1 aliphatic heterocycles. The maximum atomic E-state index is 12.3. The van der Waals surface area contributed by atoms with Crippen molar-refractivity contribution < 1.29 is 14.5 Å². The minimum absolute atomic E-state index is 0.0602. The molecule has 0 bridgehead atoms. The van der Waals surface area contributed by atoms with Crippen LogP contribution in [0.1, 0.15) is 25.7 Å². The molecular formula is C18H24N4O4. The first-order chi connectivity index (χ1) is 12.5. The summed E-state index contributed by atoms with van der Waals surface area (Å²) in [6, 6.07) is 6.23. The van der Waals surface area contributed by atoms with Gasteiger partial charge >= 0.3 is 0 Å². The molecule has 1 aromatic carbocycles. The molecule has 1 saturated carbocycles. The average Bonchev–Trinajstić information content (AvgIpc) is 3.50. The van der Waals surface area contributed by atoms with Crippen LogP contribution in [-0.4, -0.2) is 59.3 Å². The fourth-order valence-electron chi connectivity index (χ4n) is 3.10. The van der Waals surface area contributed by atoms with E-state index in [-0.39, 0.29) is 23.4 Å². The summed E-state index contributed by atoms with van der Waals surface area (Å²) in [6.45, 7) is 3.15. The molecule has 2 fully saturated rings. The Labute approximate surface area is 152 Å². The van der Waals surface area contributed by atoms with Gasteiger partial charge in [-0.2, -0.15) is 0 Å². The Morgan fingerprint density at radius 2 is 1.69 bits per heavy atom. The summed E-state index contributed by atoms with van der Waals surface area (Å²) >= 11 is 0. The zero-order valence-corrected chi connectivity index (χ0v) is 14.7. The Bertz CT molecular complexity index is 664. The number of anilines is 1. The monoisotopic (exact) mass is 360 g/mol. The van der Waals surface area contributed by atoms with Gasteiger partial charge in [-0.25, -0.2) is 0 Å². The van der Waals surface area contributed by atoms with Crippen molar-refractivity contribution in [1.29, 1.82) is 0 Å². The van der Waals surface area contributed by atoms with Crippen LogP contribution in [-0.2, 0) is 9.59 Å². The van der Waals surface area contributed by atoms with Gasteiger partial charge in [0.05, 0.1) is 4.92 Å². The van der Waals surface area contributed by atoms with Crippen molar-refractivity contribution in [3.05, 3.63) is 34.4 Å². The number of nitrogens with zero attached hydrogens (tertiary/aromatic N) is 3. The molecule has 1 aliphatic carbocycles. The Kier molecular flexibility index (Phi) is 5.70. The lowest BCUT2D eigenvalue weighted by atomic mass is 10.2. The molecule has 1 N–H and O–H groups in total. The summed E-state index contributed by atoms with van der Waals surface area (Å²) in [5.41, 5.74) is 0.861. The summed E-state index contributed by atoms with van der Waals surface area (Å²) in [5.74, 6) is 0.612. The van der Waals surface area contributed by atoms with E-state index >= 15 is 0 Å². The maximum Gasteiger partial charge on any atom is 0.269 e. The molecule has 26 heavy (non-hydrogen) atoms. The predicted molar refractivity (Wildman–Crippen MR) is 96.7 cm³/mol. The maximum absolute atomic E-state index is 12.3. The number of rotatable bonds is 7. The number of amides is 2. The fraction of sp³-hybridized carbons (Fsp3) is 0.556. The normalized spacial score (nSPS) is 17.1. The number of hydrogen-bond donors (Lipinski definition) is 1. The van der Waals surface area contributed by atoms with Crippen LogP contribution in [0.5, 0.6) is 0 Å². The molecule has 8 nitrogen and oxygen atoms in total. The SMILES string of the molecule is O=C(CCCNc1ccc([N+](=O)[O-])cc1)N1CCN(C(=O)C2CC2)CC1. The van der Waals surface area contributed by atoms with Gasteiger partial charge in [0, 0.05) is 62.9 Å². The highest BCUT2D eigenvalue weighted by Crippen LogP contribution is 2.31. The summed E-state index contributed by atoms with van der Waals surface area (Å²) in [7, 11) is 0. The zero-order valence-electron chi connectivity index (χ0n) is 14.7. The molecule has 2 amide bonds. The molecule has 140 valence electrons. The summed E-state index contributed by atoms with van der Waals surface area (Å²) in [4.78, 5) is 38.2. The molecular weight excluding hydrogens is 336 g/mol. The van der Waals surface area contributed by atoms with Crippen LogP contribution in [0.3, 0.4) is 0 Å². The van der Waals surface area contributed by atoms with Gasteiger partial charge in [-0.1, -0.05) is 0 Å². The Morgan fingerprint density at radius 3 is 2.27 bits per heavy atom. The highest BCUT2D eigenvalue weighted by atomic mass is 16.6. The predicted octanol–water partition coefficient (Wildman–Crippen LogP) is 1.87. The second-order valence-electron chi connectivity index (χ2n) is 6.81. The van der Waals surface area contributed by atoms with E-state index in [1.165, 1.54) is 12.1 Å². The van der Waals surface area contributed by atoms with E-state index in [2.05, 4.69) is 5.32 Å². The van der Waals surface area contributed by atoms with Crippen molar-refractivity contribution in [3.8, 4) is 0 Å². The van der Waals surface area contributed by atoms with Gasteiger partial charge in [-0.05, 0) is 31.4 Å². The largest absolute Gasteiger partial charge is 0.385 e. The lowest BCUT2D eigenvalue weighted by molar-refractivity contribution is -0.384. The third-order valence-corrected chi connectivity index (χ3v) is 4.85. The molecule has 2 aliphatic rings. The van der Waals surface area contributed by atoms with Gasteiger partial charge < -0.3 is 15.1 Å². The number of benzene rings is 1. The molecule has 0 radical (unpaired) electrons. The van der Waals surface area contributed by atoms with Crippen LogP contribution in [0.15, 0.2) is 24.3 Å². The zero-order chi connectivity index (χ0) is 18.5. The van der Waals surface area contributed by atoms with Crippen LogP contribution in [0, 0.1) is 16.0 Å². The minimum Gasteiger partial charge on any atom is -0.385 e. The van der Waals surface area contributed by atoms with Crippen molar-refractivity contribution in [2.45, 2.75) is 25.7 Å². The molecule has 0 atom stereocenters. The van der Waals surface area contributed by atoms with E-state index in [4.69, 9.17) is 0 Å². The van der Waals surface area contributed by atoms with Gasteiger partial charge in [0.1, 0.15) is 0 Å². The van der Waals surface area contributed by atoms with Crippen LogP contribution >= 0.6 is 0 Å². The highest BCUT2D eigenvalue weighted by molar-refractivity contribution is 5.81. The Balaban J connectivity index is 1.33. The number of non-ortho nitro benzene ring substituents is 1. The highest BCUT2D eigenvalue weighted by Gasteiger charge is 2.35. The first-order valence-electron chi connectivity index (χ1n) is 9.09. The standard InChI is InChI=1S/C18H24N4O4/c23-17(20-10-12-21(13-11-20)18(24)14-3-4-14)2-1-9-19-15-5-7-16(8-6-15)22(25)26/h5-8,14,19H,1-4,9-13H2. The molecule has 1 heterocycles. The van der Waals surface area contributed by atoms with Gasteiger partial charge in [0.15, 0.2) is 0 Å². The van der Waals surface area contributed by atoms with E-state index in [9.17, 15) is 19.7 Å². The van der Waals surface area contributed by atoms with E-state index in [0.29, 0.717) is 45.6 Å². The summed E-state index contributed by atoms with van der Waals surface area (Å²) in [6.07, 6.45) is 3.17. The Morgan fingerprint density at radius 1 is 1.08 bits per heavy atom. The van der Waals surface area contributed by atoms with Crippen LogP contribution in [0.2, 0.25) is 0 Å². The number of nitro groups is 1. The van der Waals surface area contributed by atoms with Crippen LogP contribution in [0.4, 0.5) is 11.4 Å². The third-order valence-electron chi connectivity index (χ3n) is 4.85. The smallest absolute Gasteiger partial charge is 0.269 e. The fourth-order valence-corrected chi connectivity index (χ4v) is 3.10. The molecule has 8 heteroatoms. The topological polar surface area (TPSA) is 95.8 Å². The molecule has 0 aromatic heterocycles. The second-order valence-corrected chi connectivity index (χ2v) is 6.81. The van der Waals surface area contributed by atoms with Gasteiger partial charge in [-0.15, -0.1) is 0 Å². The number of carbonyl (C=O) groups is 2.